The lowest BCUT2D eigenvalue weighted by Gasteiger charge is -2.48. The molecule has 0 saturated carbocycles. The van der Waals surface area contributed by atoms with E-state index in [-0.39, 0.29) is 48.1 Å². The predicted molar refractivity (Wildman–Crippen MR) is 163 cm³/mol. The minimum atomic E-state index is -1.57. The van der Waals surface area contributed by atoms with E-state index in [9.17, 15) is 30.3 Å². The first-order valence-corrected chi connectivity index (χ1v) is 17.2. The highest BCUT2D eigenvalue weighted by atomic mass is 16.7. The van der Waals surface area contributed by atoms with Gasteiger partial charge in [-0.2, -0.15) is 0 Å². The largest absolute Gasteiger partial charge is 0.481 e. The van der Waals surface area contributed by atoms with Gasteiger partial charge in [0.1, 0.15) is 0 Å². The standard InChI is InChI=1S/C34H58O11/c1-17-13-19(3)34(40,16-35)44-27(17)24-14-18(2)29(41-24)32(8)10-9-25(42-32)31(7)11-12-33(45-31)15-23(36)20(4)28(43-33)21(5)26(37)22(6)30(38)39/h17-29,35-37,40H,9-16H2,1-8H3,(H,38,39)/t17-,18-,19+,20+,21+,22-,23-,24+,25+,26+,27-,28-,29+,31-,32-,33+,34-/m0/s1. The molecule has 5 aliphatic rings. The van der Waals surface area contributed by atoms with Crippen molar-refractivity contribution in [2.75, 3.05) is 6.61 Å². The zero-order chi connectivity index (χ0) is 33.3. The molecule has 45 heavy (non-hydrogen) atoms. The van der Waals surface area contributed by atoms with E-state index in [1.54, 1.807) is 6.92 Å². The third kappa shape index (κ3) is 6.35. The van der Waals surface area contributed by atoms with E-state index >= 15 is 0 Å². The van der Waals surface area contributed by atoms with E-state index in [1.807, 2.05) is 20.8 Å². The maximum atomic E-state index is 11.6. The molecule has 11 heteroatoms. The molecule has 0 amide bonds. The van der Waals surface area contributed by atoms with Gasteiger partial charge in [-0.1, -0.05) is 34.6 Å². The summed E-state index contributed by atoms with van der Waals surface area (Å²) >= 11 is 0. The van der Waals surface area contributed by atoms with Gasteiger partial charge in [-0.05, 0) is 64.7 Å². The fraction of sp³-hybridized carbons (Fsp3) is 0.971. The molecule has 1 spiro atoms. The predicted octanol–water partition coefficient (Wildman–Crippen LogP) is 3.23. The summed E-state index contributed by atoms with van der Waals surface area (Å²) in [5.41, 5.74) is -1.23. The van der Waals surface area contributed by atoms with Crippen molar-refractivity contribution in [3.05, 3.63) is 0 Å². The van der Waals surface area contributed by atoms with Gasteiger partial charge in [0.2, 0.25) is 0 Å². The van der Waals surface area contributed by atoms with Gasteiger partial charge < -0.3 is 49.2 Å². The minimum Gasteiger partial charge on any atom is -0.481 e. The Balaban J connectivity index is 1.25. The van der Waals surface area contributed by atoms with Gasteiger partial charge in [-0.15, -0.1) is 0 Å². The first kappa shape index (κ1) is 35.4. The number of carboxylic acid groups (broad SMARTS) is 1. The van der Waals surface area contributed by atoms with Crippen molar-refractivity contribution in [1.29, 1.82) is 0 Å². The fourth-order valence-electron chi connectivity index (χ4n) is 9.23. The molecule has 260 valence electrons. The van der Waals surface area contributed by atoms with Crippen LogP contribution in [0.5, 0.6) is 0 Å². The van der Waals surface area contributed by atoms with Crippen LogP contribution in [0.4, 0.5) is 0 Å². The van der Waals surface area contributed by atoms with Crippen molar-refractivity contribution in [2.45, 2.75) is 166 Å². The van der Waals surface area contributed by atoms with Gasteiger partial charge in [0.25, 0.3) is 0 Å². The van der Waals surface area contributed by atoms with Crippen LogP contribution < -0.4 is 0 Å². The molecule has 0 aromatic heterocycles. The van der Waals surface area contributed by atoms with Gasteiger partial charge in [-0.25, -0.2) is 0 Å². The Kier molecular flexibility index (Phi) is 9.86. The molecule has 5 heterocycles. The van der Waals surface area contributed by atoms with E-state index in [1.165, 1.54) is 6.92 Å². The van der Waals surface area contributed by atoms with Crippen molar-refractivity contribution in [3.63, 3.8) is 0 Å². The molecule has 0 aromatic carbocycles. The van der Waals surface area contributed by atoms with E-state index in [4.69, 9.17) is 23.7 Å². The normalized spacial score (nSPS) is 52.6. The number of aliphatic hydroxyl groups is 4. The van der Waals surface area contributed by atoms with E-state index in [2.05, 4.69) is 20.8 Å². The molecule has 5 N–H and O–H groups in total. The molecular formula is C34H58O11. The summed E-state index contributed by atoms with van der Waals surface area (Å²) in [6.07, 6.45) is 1.18. The van der Waals surface area contributed by atoms with Crippen LogP contribution in [0.1, 0.15) is 100 Å². The van der Waals surface area contributed by atoms with Crippen molar-refractivity contribution >= 4 is 5.97 Å². The number of aliphatic hydroxyl groups excluding tert-OH is 3. The van der Waals surface area contributed by atoms with Crippen LogP contribution in [-0.4, -0.2) is 104 Å². The van der Waals surface area contributed by atoms with Gasteiger partial charge in [0, 0.05) is 30.6 Å². The molecule has 0 aliphatic carbocycles. The molecule has 5 rings (SSSR count). The summed E-state index contributed by atoms with van der Waals surface area (Å²) in [4.78, 5) is 11.6. The van der Waals surface area contributed by atoms with Gasteiger partial charge in [-0.3, -0.25) is 4.79 Å². The SMILES string of the molecule is C[C@H]([C@@H](O)[C@H](C)C(=O)O)[C@H]1O[C@@]2(CC[C@@](C)([C@H]3CC[C@@](C)([C@@H]4O[C@@H]([C@H]5O[C@@](O)(CO)[C@H](C)C[C@@H]5C)C[C@@H]4C)O3)O2)C[C@H](O)[C@H]1C. The molecule has 11 nitrogen and oxygen atoms in total. The zero-order valence-electron chi connectivity index (χ0n) is 28.3. The van der Waals surface area contributed by atoms with Crippen LogP contribution in [0.2, 0.25) is 0 Å². The lowest BCUT2D eigenvalue weighted by molar-refractivity contribution is -0.335. The average molecular weight is 643 g/mol. The van der Waals surface area contributed by atoms with Crippen LogP contribution in [-0.2, 0) is 28.5 Å². The molecule has 17 atom stereocenters. The van der Waals surface area contributed by atoms with E-state index in [0.29, 0.717) is 19.3 Å². The number of aliphatic carboxylic acids is 1. The zero-order valence-corrected chi connectivity index (χ0v) is 28.3. The van der Waals surface area contributed by atoms with Crippen LogP contribution >= 0.6 is 0 Å². The van der Waals surface area contributed by atoms with Gasteiger partial charge >= 0.3 is 5.97 Å². The number of rotatable bonds is 8. The summed E-state index contributed by atoms with van der Waals surface area (Å²) in [5, 5.41) is 52.2. The first-order valence-electron chi connectivity index (χ1n) is 17.2. The smallest absolute Gasteiger partial charge is 0.308 e. The Labute approximate surface area is 267 Å². The summed E-state index contributed by atoms with van der Waals surface area (Å²) in [7, 11) is 0. The second-order valence-corrected chi connectivity index (χ2v) is 16.0. The minimum absolute atomic E-state index is 0.170. The highest BCUT2D eigenvalue weighted by molar-refractivity contribution is 5.70. The van der Waals surface area contributed by atoms with Crippen molar-refractivity contribution < 1.29 is 54.0 Å². The highest BCUT2D eigenvalue weighted by Crippen LogP contribution is 2.54. The van der Waals surface area contributed by atoms with E-state index in [0.717, 1.165) is 25.7 Å². The summed E-state index contributed by atoms with van der Waals surface area (Å²) in [6.45, 7) is 15.0. The Morgan fingerprint density at radius 1 is 0.956 bits per heavy atom. The summed E-state index contributed by atoms with van der Waals surface area (Å²) in [6, 6.07) is 0. The number of hydrogen-bond acceptors (Lipinski definition) is 10. The Bertz CT molecular complexity index is 1070. The molecule has 5 fully saturated rings. The number of carbonyl (C=O) groups is 1. The van der Waals surface area contributed by atoms with Crippen LogP contribution in [0.25, 0.3) is 0 Å². The first-order chi connectivity index (χ1) is 20.9. The Morgan fingerprint density at radius 2 is 1.64 bits per heavy atom. The molecule has 0 radical (unpaired) electrons. The monoisotopic (exact) mass is 642 g/mol. The second-order valence-electron chi connectivity index (χ2n) is 16.0. The maximum absolute atomic E-state index is 11.6. The fourth-order valence-corrected chi connectivity index (χ4v) is 9.23. The van der Waals surface area contributed by atoms with Crippen LogP contribution in [0.3, 0.4) is 0 Å². The van der Waals surface area contributed by atoms with Crippen LogP contribution in [0, 0.1) is 35.5 Å². The lowest BCUT2D eigenvalue weighted by atomic mass is 9.78. The van der Waals surface area contributed by atoms with E-state index < -0.39 is 65.5 Å². The Morgan fingerprint density at radius 3 is 2.29 bits per heavy atom. The third-order valence-electron chi connectivity index (χ3n) is 12.4. The van der Waals surface area contributed by atoms with Crippen LogP contribution in [0.15, 0.2) is 0 Å². The average Bonchev–Trinajstić information content (AvgIpc) is 3.67. The lowest BCUT2D eigenvalue weighted by Crippen LogP contribution is -2.56. The van der Waals surface area contributed by atoms with Gasteiger partial charge in [0.05, 0.1) is 66.5 Å². The third-order valence-corrected chi connectivity index (χ3v) is 12.4. The molecule has 0 aromatic rings. The van der Waals surface area contributed by atoms with Crippen molar-refractivity contribution in [1.82, 2.24) is 0 Å². The van der Waals surface area contributed by atoms with Crippen molar-refractivity contribution in [2.24, 2.45) is 35.5 Å². The highest BCUT2D eigenvalue weighted by Gasteiger charge is 2.61. The van der Waals surface area contributed by atoms with Gasteiger partial charge in [0.15, 0.2) is 11.6 Å². The van der Waals surface area contributed by atoms with Crippen molar-refractivity contribution in [3.8, 4) is 0 Å². The number of hydrogen-bond donors (Lipinski definition) is 5. The number of carboxylic acids is 1. The summed E-state index contributed by atoms with van der Waals surface area (Å²) in [5.74, 6) is -5.31. The topological polar surface area (TPSA) is 164 Å². The molecule has 5 aliphatic heterocycles. The maximum Gasteiger partial charge on any atom is 0.308 e. The molecular weight excluding hydrogens is 584 g/mol. The second kappa shape index (κ2) is 12.5. The molecule has 0 unspecified atom stereocenters. The molecule has 5 saturated heterocycles. The quantitative estimate of drug-likeness (QED) is 0.264. The molecule has 0 bridgehead atoms. The summed E-state index contributed by atoms with van der Waals surface area (Å²) < 4.78 is 33.1. The number of ether oxygens (including phenoxy) is 5. The Hall–Kier alpha value is -0.890.